The minimum Gasteiger partial charge on any atom is -0.507 e. The number of methoxy groups -OCH3 is 1. The van der Waals surface area contributed by atoms with E-state index in [0.29, 0.717) is 33.2 Å². The fourth-order valence-corrected chi connectivity index (χ4v) is 6.11. The number of nitrogens with zero attached hydrogens (tertiary/aromatic N) is 1. The molecule has 246 valence electrons. The number of H-pyrrole nitrogens is 1. The van der Waals surface area contributed by atoms with E-state index in [0.717, 1.165) is 23.6 Å². The Morgan fingerprint density at radius 1 is 0.979 bits per heavy atom. The largest absolute Gasteiger partial charge is 0.507 e. The number of rotatable bonds is 8. The number of aryl methyl sites for hydroxylation is 1. The highest BCUT2D eigenvalue weighted by molar-refractivity contribution is 5.91. The Balaban J connectivity index is 1.40. The SMILES string of the molecule is COc1ccc(C(F)(F)F)cc1NC(=O)NCCc1c(C(c2cccc(F)c2)c2c(O)c3ccccc3n(C)c2=O)[nH]c2ccccc12. The maximum atomic E-state index is 14.7. The number of aromatic hydroxyl groups is 1. The van der Waals surface area contributed by atoms with Gasteiger partial charge >= 0.3 is 12.2 Å². The minimum atomic E-state index is -4.62. The Bertz CT molecular complexity index is 2220. The predicted molar refractivity (Wildman–Crippen MR) is 175 cm³/mol. The molecule has 2 amide bonds. The number of pyridine rings is 1. The van der Waals surface area contributed by atoms with Crippen molar-refractivity contribution in [3.05, 3.63) is 135 Å². The highest BCUT2D eigenvalue weighted by Crippen LogP contribution is 2.41. The monoisotopic (exact) mass is 658 g/mol. The first-order chi connectivity index (χ1) is 23.0. The van der Waals surface area contributed by atoms with Gasteiger partial charge in [-0.15, -0.1) is 0 Å². The highest BCUT2D eigenvalue weighted by atomic mass is 19.4. The third-order valence-corrected chi connectivity index (χ3v) is 8.35. The quantitative estimate of drug-likeness (QED) is 0.128. The molecule has 2 heterocycles. The lowest BCUT2D eigenvalue weighted by molar-refractivity contribution is -0.137. The third-order valence-electron chi connectivity index (χ3n) is 8.35. The van der Waals surface area contributed by atoms with Crippen molar-refractivity contribution in [2.75, 3.05) is 19.0 Å². The van der Waals surface area contributed by atoms with Crippen molar-refractivity contribution in [2.24, 2.45) is 7.05 Å². The van der Waals surface area contributed by atoms with E-state index in [9.17, 15) is 32.3 Å². The number of nitrogens with one attached hydrogen (secondary N) is 3. The summed E-state index contributed by atoms with van der Waals surface area (Å²) < 4.78 is 61.2. The van der Waals surface area contributed by atoms with Crippen LogP contribution in [0.1, 0.15) is 33.9 Å². The molecule has 2 aromatic heterocycles. The molecule has 0 saturated carbocycles. The molecular weight excluding hydrogens is 628 g/mol. The maximum Gasteiger partial charge on any atom is 0.416 e. The van der Waals surface area contributed by atoms with Crippen molar-refractivity contribution < 1.29 is 32.2 Å². The van der Waals surface area contributed by atoms with Gasteiger partial charge in [0.05, 0.1) is 35.4 Å². The van der Waals surface area contributed by atoms with Gasteiger partial charge in [0, 0.05) is 35.6 Å². The highest BCUT2D eigenvalue weighted by Gasteiger charge is 2.32. The molecule has 1 atom stereocenters. The Kier molecular flexibility index (Phi) is 8.57. The summed E-state index contributed by atoms with van der Waals surface area (Å²) in [6.45, 7) is 0.0273. The summed E-state index contributed by atoms with van der Waals surface area (Å²) in [5.74, 6) is -1.67. The second-order valence-electron chi connectivity index (χ2n) is 11.2. The summed E-state index contributed by atoms with van der Waals surface area (Å²) in [6.07, 6.45) is -4.42. The van der Waals surface area contributed by atoms with E-state index in [1.165, 1.54) is 29.9 Å². The molecule has 0 aliphatic rings. The number of hydrogen-bond acceptors (Lipinski definition) is 4. The van der Waals surface area contributed by atoms with E-state index in [1.807, 2.05) is 24.3 Å². The second kappa shape index (κ2) is 12.8. The number of urea groups is 1. The van der Waals surface area contributed by atoms with Crippen LogP contribution < -0.4 is 20.9 Å². The van der Waals surface area contributed by atoms with Crippen LogP contribution in [0.5, 0.6) is 11.5 Å². The van der Waals surface area contributed by atoms with Gasteiger partial charge in [0.25, 0.3) is 5.56 Å². The van der Waals surface area contributed by atoms with Crippen LogP contribution in [-0.2, 0) is 19.6 Å². The van der Waals surface area contributed by atoms with Crippen LogP contribution in [0.25, 0.3) is 21.8 Å². The van der Waals surface area contributed by atoms with Crippen LogP contribution in [0, 0.1) is 5.82 Å². The molecule has 48 heavy (non-hydrogen) atoms. The Morgan fingerprint density at radius 3 is 2.44 bits per heavy atom. The van der Waals surface area contributed by atoms with Crippen LogP contribution in [0.2, 0.25) is 0 Å². The van der Waals surface area contributed by atoms with E-state index >= 15 is 0 Å². The molecule has 0 spiro atoms. The number of anilines is 1. The molecule has 0 radical (unpaired) electrons. The number of ether oxygens (including phenoxy) is 1. The summed E-state index contributed by atoms with van der Waals surface area (Å²) in [5, 5.41) is 17.9. The van der Waals surface area contributed by atoms with Crippen LogP contribution in [-0.4, -0.2) is 34.3 Å². The third kappa shape index (κ3) is 6.04. The lowest BCUT2D eigenvalue weighted by Crippen LogP contribution is -2.31. The average Bonchev–Trinajstić information content (AvgIpc) is 3.43. The Morgan fingerprint density at radius 2 is 1.71 bits per heavy atom. The summed E-state index contributed by atoms with van der Waals surface area (Å²) in [7, 11) is 2.88. The Hall–Kier alpha value is -5.78. The fraction of sp³-hybridized carbons (Fsp3) is 0.167. The van der Waals surface area contributed by atoms with E-state index in [4.69, 9.17) is 4.74 Å². The molecule has 4 N–H and O–H groups in total. The number of alkyl halides is 3. The van der Waals surface area contributed by atoms with Gasteiger partial charge in [0.15, 0.2) is 0 Å². The number of carbonyl (C=O) groups is 1. The fourth-order valence-electron chi connectivity index (χ4n) is 6.11. The van der Waals surface area contributed by atoms with E-state index < -0.39 is 35.1 Å². The zero-order chi connectivity index (χ0) is 34.2. The van der Waals surface area contributed by atoms with Gasteiger partial charge in [0.1, 0.15) is 17.3 Å². The van der Waals surface area contributed by atoms with Crippen molar-refractivity contribution in [3.8, 4) is 11.5 Å². The number of benzene rings is 4. The first kappa shape index (κ1) is 32.2. The second-order valence-corrected chi connectivity index (χ2v) is 11.2. The van der Waals surface area contributed by atoms with Crippen molar-refractivity contribution in [1.29, 1.82) is 0 Å². The summed E-state index contributed by atoms with van der Waals surface area (Å²) >= 11 is 0. The molecular formula is C36H30F4N4O4. The van der Waals surface area contributed by atoms with Gasteiger partial charge in [-0.1, -0.05) is 42.5 Å². The summed E-state index contributed by atoms with van der Waals surface area (Å²) in [4.78, 5) is 30.2. The number of halogens is 4. The average molecular weight is 659 g/mol. The Labute approximate surface area is 271 Å². The van der Waals surface area contributed by atoms with Crippen molar-refractivity contribution >= 4 is 33.5 Å². The minimum absolute atomic E-state index is 0.0273. The zero-order valence-corrected chi connectivity index (χ0v) is 25.8. The molecule has 6 aromatic rings. The summed E-state index contributed by atoms with van der Waals surface area (Å²) in [6, 6.07) is 22.1. The molecule has 8 nitrogen and oxygen atoms in total. The van der Waals surface area contributed by atoms with Gasteiger partial charge in [-0.25, -0.2) is 9.18 Å². The van der Waals surface area contributed by atoms with Crippen molar-refractivity contribution in [1.82, 2.24) is 14.9 Å². The predicted octanol–water partition coefficient (Wildman–Crippen LogP) is 7.44. The molecule has 12 heteroatoms. The van der Waals surface area contributed by atoms with Crippen LogP contribution in [0.15, 0.2) is 95.8 Å². The lowest BCUT2D eigenvalue weighted by Gasteiger charge is -2.22. The number of carbonyl (C=O) groups excluding carboxylic acids is 1. The number of para-hydroxylation sites is 2. The number of hydrogen-bond donors (Lipinski definition) is 4. The van der Waals surface area contributed by atoms with Crippen LogP contribution >= 0.6 is 0 Å². The van der Waals surface area contributed by atoms with E-state index in [-0.39, 0.29) is 35.7 Å². The summed E-state index contributed by atoms with van der Waals surface area (Å²) in [5.41, 5.74) is 1.28. The smallest absolute Gasteiger partial charge is 0.416 e. The molecule has 0 aliphatic carbocycles. The molecule has 1 unspecified atom stereocenters. The number of aromatic nitrogens is 2. The molecule has 6 rings (SSSR count). The molecule has 0 saturated heterocycles. The maximum absolute atomic E-state index is 14.7. The van der Waals surface area contributed by atoms with Gasteiger partial charge in [-0.2, -0.15) is 13.2 Å². The number of amides is 2. The van der Waals surface area contributed by atoms with Gasteiger partial charge in [0.2, 0.25) is 0 Å². The topological polar surface area (TPSA) is 108 Å². The van der Waals surface area contributed by atoms with Crippen LogP contribution in [0.3, 0.4) is 0 Å². The van der Waals surface area contributed by atoms with Gasteiger partial charge in [-0.3, -0.25) is 4.79 Å². The zero-order valence-electron chi connectivity index (χ0n) is 25.8. The van der Waals surface area contributed by atoms with Gasteiger partial charge in [-0.05, 0) is 66.1 Å². The molecule has 4 aromatic carbocycles. The first-order valence-corrected chi connectivity index (χ1v) is 14.9. The molecule has 0 bridgehead atoms. The first-order valence-electron chi connectivity index (χ1n) is 14.9. The normalized spacial score (nSPS) is 12.3. The van der Waals surface area contributed by atoms with E-state index in [1.54, 1.807) is 37.4 Å². The standard InChI is InChI=1S/C36H30F4N4O4/c1-44-28-13-6-4-11-25(28)33(45)31(34(44)46)30(20-8-7-9-22(37)18-20)32-24(23-10-3-5-12-26(23)42-32)16-17-41-35(47)43-27-19-21(36(38,39)40)14-15-29(27)48-2/h3-15,18-19,30,42,45H,16-17H2,1-2H3,(H2,41,43,47). The lowest BCUT2D eigenvalue weighted by atomic mass is 9.85. The van der Waals surface area contributed by atoms with Crippen LogP contribution in [0.4, 0.5) is 28.0 Å². The van der Waals surface area contributed by atoms with Gasteiger partial charge < -0.3 is 30.0 Å². The number of fused-ring (bicyclic) bond motifs is 2. The van der Waals surface area contributed by atoms with Crippen molar-refractivity contribution in [2.45, 2.75) is 18.5 Å². The number of aromatic amines is 1. The molecule has 0 aliphatic heterocycles. The van der Waals surface area contributed by atoms with Crippen molar-refractivity contribution in [3.63, 3.8) is 0 Å². The van der Waals surface area contributed by atoms with E-state index in [2.05, 4.69) is 15.6 Å². The molecule has 0 fully saturated rings.